The standard InChI is InChI=1S/C13H8Br2N2O/c1-18-12-4-2-3-9-13(12)17-11-6-8(15)7(14)5-10(11)16-9/h2-6H,1H3. The maximum absolute atomic E-state index is 5.31. The van der Waals surface area contributed by atoms with Gasteiger partial charge >= 0.3 is 0 Å². The highest BCUT2D eigenvalue weighted by atomic mass is 79.9. The number of fused-ring (bicyclic) bond motifs is 2. The Balaban J connectivity index is 2.43. The monoisotopic (exact) mass is 366 g/mol. The van der Waals surface area contributed by atoms with Gasteiger partial charge in [-0.3, -0.25) is 0 Å². The quantitative estimate of drug-likeness (QED) is 0.601. The van der Waals surface area contributed by atoms with E-state index in [1.165, 1.54) is 0 Å². The molecule has 0 saturated heterocycles. The third-order valence-electron chi connectivity index (χ3n) is 2.69. The lowest BCUT2D eigenvalue weighted by Crippen LogP contribution is -1.91. The first-order valence-electron chi connectivity index (χ1n) is 5.28. The highest BCUT2D eigenvalue weighted by Gasteiger charge is 2.08. The van der Waals surface area contributed by atoms with Crippen LogP contribution in [0.3, 0.4) is 0 Å². The van der Waals surface area contributed by atoms with Crippen molar-refractivity contribution in [3.63, 3.8) is 0 Å². The zero-order chi connectivity index (χ0) is 12.7. The van der Waals surface area contributed by atoms with Gasteiger partial charge in [-0.15, -0.1) is 0 Å². The first-order chi connectivity index (χ1) is 8.69. The molecule has 0 aliphatic carbocycles. The van der Waals surface area contributed by atoms with Crippen LogP contribution in [-0.2, 0) is 0 Å². The average molecular weight is 368 g/mol. The molecule has 5 heteroatoms. The van der Waals surface area contributed by atoms with Gasteiger partial charge in [0.05, 0.1) is 23.7 Å². The number of para-hydroxylation sites is 1. The summed E-state index contributed by atoms with van der Waals surface area (Å²) >= 11 is 6.94. The Morgan fingerprint density at radius 3 is 2.28 bits per heavy atom. The summed E-state index contributed by atoms with van der Waals surface area (Å²) < 4.78 is 7.23. The van der Waals surface area contributed by atoms with Crippen LogP contribution in [0.2, 0.25) is 0 Å². The van der Waals surface area contributed by atoms with E-state index in [0.29, 0.717) is 0 Å². The molecule has 3 rings (SSSR count). The first-order valence-corrected chi connectivity index (χ1v) is 6.87. The molecule has 0 radical (unpaired) electrons. The zero-order valence-corrected chi connectivity index (χ0v) is 12.6. The topological polar surface area (TPSA) is 35.0 Å². The molecule has 90 valence electrons. The van der Waals surface area contributed by atoms with E-state index in [0.717, 1.165) is 36.8 Å². The van der Waals surface area contributed by atoms with Crippen molar-refractivity contribution in [3.8, 4) is 5.75 Å². The number of ether oxygens (including phenoxy) is 1. The Labute approximate surface area is 120 Å². The Bertz CT molecular complexity index is 759. The molecule has 3 nitrogen and oxygen atoms in total. The maximum Gasteiger partial charge on any atom is 0.146 e. The third kappa shape index (κ3) is 1.87. The van der Waals surface area contributed by atoms with Gasteiger partial charge in [0, 0.05) is 8.95 Å². The van der Waals surface area contributed by atoms with Crippen molar-refractivity contribution in [2.75, 3.05) is 7.11 Å². The number of hydrogen-bond donors (Lipinski definition) is 0. The number of rotatable bonds is 1. The van der Waals surface area contributed by atoms with Crippen LogP contribution in [0.25, 0.3) is 22.1 Å². The van der Waals surface area contributed by atoms with Gasteiger partial charge < -0.3 is 4.74 Å². The number of hydrogen-bond acceptors (Lipinski definition) is 3. The lowest BCUT2D eigenvalue weighted by molar-refractivity contribution is 0.419. The van der Waals surface area contributed by atoms with Crippen LogP contribution < -0.4 is 4.74 Å². The fourth-order valence-electron chi connectivity index (χ4n) is 1.83. The van der Waals surface area contributed by atoms with Crippen molar-refractivity contribution < 1.29 is 4.74 Å². The van der Waals surface area contributed by atoms with Crippen molar-refractivity contribution in [3.05, 3.63) is 39.3 Å². The molecule has 3 aromatic rings. The Morgan fingerprint density at radius 1 is 0.944 bits per heavy atom. The number of halogens is 2. The summed E-state index contributed by atoms with van der Waals surface area (Å²) in [4.78, 5) is 9.21. The summed E-state index contributed by atoms with van der Waals surface area (Å²) in [7, 11) is 1.64. The summed E-state index contributed by atoms with van der Waals surface area (Å²) in [5.41, 5.74) is 3.30. The average Bonchev–Trinajstić information content (AvgIpc) is 2.37. The lowest BCUT2D eigenvalue weighted by Gasteiger charge is -2.06. The lowest BCUT2D eigenvalue weighted by atomic mass is 10.2. The number of aromatic nitrogens is 2. The van der Waals surface area contributed by atoms with Crippen molar-refractivity contribution in [1.82, 2.24) is 9.97 Å². The van der Waals surface area contributed by atoms with E-state index in [-0.39, 0.29) is 0 Å². The van der Waals surface area contributed by atoms with Gasteiger partial charge in [0.15, 0.2) is 0 Å². The molecular formula is C13H8Br2N2O. The molecular weight excluding hydrogens is 360 g/mol. The summed E-state index contributed by atoms with van der Waals surface area (Å²) in [6.45, 7) is 0. The number of methoxy groups -OCH3 is 1. The molecule has 1 heterocycles. The molecule has 0 saturated carbocycles. The van der Waals surface area contributed by atoms with Crippen LogP contribution in [0.5, 0.6) is 5.75 Å². The predicted octanol–water partition coefficient (Wildman–Crippen LogP) is 4.32. The molecule has 0 aliphatic heterocycles. The third-order valence-corrected chi connectivity index (χ3v) is 4.53. The van der Waals surface area contributed by atoms with Crippen LogP contribution in [-0.4, -0.2) is 17.1 Å². The van der Waals surface area contributed by atoms with Gasteiger partial charge in [0.25, 0.3) is 0 Å². The van der Waals surface area contributed by atoms with Crippen molar-refractivity contribution in [1.29, 1.82) is 0 Å². The molecule has 2 aromatic carbocycles. The van der Waals surface area contributed by atoms with Crippen LogP contribution in [0, 0.1) is 0 Å². The summed E-state index contributed by atoms with van der Waals surface area (Å²) in [5, 5.41) is 0. The Hall–Kier alpha value is -1.20. The highest BCUT2D eigenvalue weighted by molar-refractivity contribution is 9.13. The van der Waals surface area contributed by atoms with Gasteiger partial charge in [-0.05, 0) is 56.1 Å². The van der Waals surface area contributed by atoms with Crippen LogP contribution in [0.4, 0.5) is 0 Å². The molecule has 0 atom stereocenters. The fourth-order valence-corrected chi connectivity index (χ4v) is 2.50. The van der Waals surface area contributed by atoms with Crippen LogP contribution in [0.15, 0.2) is 39.3 Å². The van der Waals surface area contributed by atoms with Crippen molar-refractivity contribution in [2.45, 2.75) is 0 Å². The second-order valence-corrected chi connectivity index (χ2v) is 5.52. The zero-order valence-electron chi connectivity index (χ0n) is 9.45. The predicted molar refractivity (Wildman–Crippen MR) is 79.0 cm³/mol. The Kier molecular flexibility index (Phi) is 2.95. The molecule has 0 amide bonds. The molecule has 18 heavy (non-hydrogen) atoms. The molecule has 0 aliphatic rings. The van der Waals surface area contributed by atoms with Gasteiger partial charge in [-0.1, -0.05) is 6.07 Å². The van der Waals surface area contributed by atoms with Gasteiger partial charge in [-0.2, -0.15) is 0 Å². The second-order valence-electron chi connectivity index (χ2n) is 3.81. The highest BCUT2D eigenvalue weighted by Crippen LogP contribution is 2.30. The summed E-state index contributed by atoms with van der Waals surface area (Å²) in [5.74, 6) is 0.737. The molecule has 0 bridgehead atoms. The normalized spacial score (nSPS) is 11.1. The van der Waals surface area contributed by atoms with E-state index in [4.69, 9.17) is 4.74 Å². The van der Waals surface area contributed by atoms with E-state index < -0.39 is 0 Å². The second kappa shape index (κ2) is 4.48. The first kappa shape index (κ1) is 11.9. The number of benzene rings is 2. The summed E-state index contributed by atoms with van der Waals surface area (Å²) in [6, 6.07) is 9.62. The summed E-state index contributed by atoms with van der Waals surface area (Å²) in [6.07, 6.45) is 0. The minimum absolute atomic E-state index is 0.737. The van der Waals surface area contributed by atoms with E-state index >= 15 is 0 Å². The van der Waals surface area contributed by atoms with Crippen LogP contribution >= 0.6 is 31.9 Å². The van der Waals surface area contributed by atoms with Gasteiger partial charge in [0.2, 0.25) is 0 Å². The van der Waals surface area contributed by atoms with Gasteiger partial charge in [0.1, 0.15) is 11.3 Å². The van der Waals surface area contributed by atoms with Gasteiger partial charge in [-0.25, -0.2) is 9.97 Å². The number of nitrogens with zero attached hydrogens (tertiary/aromatic N) is 2. The Morgan fingerprint density at radius 2 is 1.61 bits per heavy atom. The molecule has 0 spiro atoms. The van der Waals surface area contributed by atoms with Crippen LogP contribution in [0.1, 0.15) is 0 Å². The largest absolute Gasteiger partial charge is 0.494 e. The fraction of sp³-hybridized carbons (Fsp3) is 0.0769. The van der Waals surface area contributed by atoms with E-state index in [9.17, 15) is 0 Å². The van der Waals surface area contributed by atoms with E-state index in [1.807, 2.05) is 30.3 Å². The molecule has 0 fully saturated rings. The molecule has 1 aromatic heterocycles. The minimum Gasteiger partial charge on any atom is -0.494 e. The minimum atomic E-state index is 0.737. The van der Waals surface area contributed by atoms with Crippen molar-refractivity contribution >= 4 is 53.9 Å². The SMILES string of the molecule is COc1cccc2nc3cc(Br)c(Br)cc3nc12. The molecule has 0 unspecified atom stereocenters. The molecule has 0 N–H and O–H groups in total. The van der Waals surface area contributed by atoms with E-state index in [2.05, 4.69) is 41.8 Å². The van der Waals surface area contributed by atoms with Crippen molar-refractivity contribution in [2.24, 2.45) is 0 Å². The van der Waals surface area contributed by atoms with E-state index in [1.54, 1.807) is 7.11 Å². The smallest absolute Gasteiger partial charge is 0.146 e. The maximum atomic E-state index is 5.31.